The Kier molecular flexibility index (Phi) is 5.53. The highest BCUT2D eigenvalue weighted by atomic mass is 32.2. The highest BCUT2D eigenvalue weighted by Crippen LogP contribution is 2.40. The molecule has 0 radical (unpaired) electrons. The summed E-state index contributed by atoms with van der Waals surface area (Å²) in [4.78, 5) is 13.1. The first kappa shape index (κ1) is 19.1. The Hall–Kier alpha value is -1.67. The fourth-order valence-corrected chi connectivity index (χ4v) is 5.55. The predicted molar refractivity (Wildman–Crippen MR) is 101 cm³/mol. The maximum absolute atomic E-state index is 12.3. The molecule has 1 aliphatic carbocycles. The standard InChI is InChI=1S/C18H27N3O4S/c1-13(2)19-26(24,25)16-7-8-17(18(11-16)21(22)23)20-10-9-14-5-3-4-6-15(14)12-20/h7-8,11,13-15,19H,3-6,9-10,12H2,1-2H3/t14-,15-/m0/s1. The molecule has 2 atom stereocenters. The SMILES string of the molecule is CC(C)NS(=O)(=O)c1ccc(N2CC[C@@H]3CCCC[C@H]3C2)c([N+](=O)[O-])c1. The molecule has 0 bridgehead atoms. The average molecular weight is 381 g/mol. The van der Waals surface area contributed by atoms with E-state index >= 15 is 0 Å². The molecule has 1 saturated carbocycles. The summed E-state index contributed by atoms with van der Waals surface area (Å²) < 4.78 is 27.2. The molecule has 0 spiro atoms. The van der Waals surface area contributed by atoms with Crippen LogP contribution in [-0.4, -0.2) is 32.5 Å². The van der Waals surface area contributed by atoms with Gasteiger partial charge in [0.25, 0.3) is 5.69 Å². The van der Waals surface area contributed by atoms with E-state index in [0.29, 0.717) is 11.6 Å². The number of nitrogens with zero attached hydrogens (tertiary/aromatic N) is 2. The molecule has 1 aromatic rings. The molecule has 0 amide bonds. The first-order valence-corrected chi connectivity index (χ1v) is 10.8. The molecule has 3 rings (SSSR count). The van der Waals surface area contributed by atoms with Crippen LogP contribution in [0.15, 0.2) is 23.1 Å². The van der Waals surface area contributed by atoms with Crippen molar-refractivity contribution in [2.75, 3.05) is 18.0 Å². The summed E-state index contributed by atoms with van der Waals surface area (Å²) in [6.07, 6.45) is 6.01. The number of fused-ring (bicyclic) bond motifs is 1. The second-order valence-electron chi connectivity index (χ2n) is 7.72. The molecule has 2 fully saturated rings. The minimum atomic E-state index is -3.76. The summed E-state index contributed by atoms with van der Waals surface area (Å²) in [5.74, 6) is 1.32. The van der Waals surface area contributed by atoms with E-state index in [4.69, 9.17) is 0 Å². The smallest absolute Gasteiger partial charge is 0.293 e. The van der Waals surface area contributed by atoms with Crippen molar-refractivity contribution in [3.63, 3.8) is 0 Å². The van der Waals surface area contributed by atoms with Gasteiger partial charge in [-0.05, 0) is 50.7 Å². The lowest BCUT2D eigenvalue weighted by molar-refractivity contribution is -0.384. The van der Waals surface area contributed by atoms with E-state index in [2.05, 4.69) is 9.62 Å². The third-order valence-electron chi connectivity index (χ3n) is 5.48. The normalized spacial score (nSPS) is 23.7. The third-order valence-corrected chi connectivity index (χ3v) is 7.13. The zero-order valence-electron chi connectivity index (χ0n) is 15.3. The fourth-order valence-electron chi connectivity index (χ4n) is 4.28. The summed E-state index contributed by atoms with van der Waals surface area (Å²) >= 11 is 0. The first-order valence-electron chi connectivity index (χ1n) is 9.33. The fraction of sp³-hybridized carbons (Fsp3) is 0.667. The molecule has 0 aromatic heterocycles. The molecular formula is C18H27N3O4S. The van der Waals surface area contributed by atoms with E-state index < -0.39 is 14.9 Å². The minimum absolute atomic E-state index is 0.0609. The van der Waals surface area contributed by atoms with E-state index in [1.165, 1.54) is 37.8 Å². The van der Waals surface area contributed by atoms with Gasteiger partial charge in [0.15, 0.2) is 0 Å². The van der Waals surface area contributed by atoms with E-state index in [9.17, 15) is 18.5 Å². The Balaban J connectivity index is 1.89. The molecule has 1 aromatic carbocycles. The lowest BCUT2D eigenvalue weighted by Crippen LogP contribution is -2.42. The van der Waals surface area contributed by atoms with Crippen LogP contribution >= 0.6 is 0 Å². The number of nitrogens with one attached hydrogen (secondary N) is 1. The van der Waals surface area contributed by atoms with Crippen LogP contribution in [0.5, 0.6) is 0 Å². The van der Waals surface area contributed by atoms with Crippen molar-refractivity contribution in [2.45, 2.75) is 56.9 Å². The number of piperidine rings is 1. The molecule has 8 heteroatoms. The van der Waals surface area contributed by atoms with Gasteiger partial charge in [0, 0.05) is 25.2 Å². The number of anilines is 1. The lowest BCUT2D eigenvalue weighted by Gasteiger charge is -2.42. The Morgan fingerprint density at radius 3 is 2.54 bits per heavy atom. The van der Waals surface area contributed by atoms with Crippen molar-refractivity contribution >= 4 is 21.4 Å². The van der Waals surface area contributed by atoms with Crippen molar-refractivity contribution in [2.24, 2.45) is 11.8 Å². The summed E-state index contributed by atoms with van der Waals surface area (Å²) in [6.45, 7) is 5.05. The van der Waals surface area contributed by atoms with Crippen molar-refractivity contribution in [3.05, 3.63) is 28.3 Å². The quantitative estimate of drug-likeness (QED) is 0.624. The van der Waals surface area contributed by atoms with Crippen molar-refractivity contribution in [1.82, 2.24) is 4.72 Å². The first-order chi connectivity index (χ1) is 12.3. The zero-order valence-corrected chi connectivity index (χ0v) is 16.2. The summed E-state index contributed by atoms with van der Waals surface area (Å²) in [6, 6.07) is 3.98. The molecule has 2 aliphatic rings. The molecule has 0 unspecified atom stereocenters. The predicted octanol–water partition coefficient (Wildman–Crippen LogP) is 3.30. The van der Waals surface area contributed by atoms with Gasteiger partial charge in [-0.25, -0.2) is 13.1 Å². The Bertz CT molecular complexity index is 779. The van der Waals surface area contributed by atoms with Gasteiger partial charge in [-0.15, -0.1) is 0 Å². The van der Waals surface area contributed by atoms with Crippen molar-refractivity contribution < 1.29 is 13.3 Å². The van der Waals surface area contributed by atoms with E-state index in [-0.39, 0.29) is 16.6 Å². The van der Waals surface area contributed by atoms with Gasteiger partial charge in [-0.3, -0.25) is 10.1 Å². The van der Waals surface area contributed by atoms with Gasteiger partial charge >= 0.3 is 0 Å². The molecule has 1 aliphatic heterocycles. The maximum Gasteiger partial charge on any atom is 0.293 e. The molecule has 1 saturated heterocycles. The maximum atomic E-state index is 12.3. The third kappa shape index (κ3) is 4.01. The zero-order chi connectivity index (χ0) is 18.9. The highest BCUT2D eigenvalue weighted by molar-refractivity contribution is 7.89. The van der Waals surface area contributed by atoms with Crippen molar-refractivity contribution in [3.8, 4) is 0 Å². The summed E-state index contributed by atoms with van der Waals surface area (Å²) in [5.41, 5.74) is 0.397. The Morgan fingerprint density at radius 1 is 1.19 bits per heavy atom. The van der Waals surface area contributed by atoms with Crippen LogP contribution in [-0.2, 0) is 10.0 Å². The van der Waals surface area contributed by atoms with Gasteiger partial charge in [-0.1, -0.05) is 19.3 Å². The summed E-state index contributed by atoms with van der Waals surface area (Å²) in [5, 5.41) is 11.6. The molecule has 1 N–H and O–H groups in total. The minimum Gasteiger partial charge on any atom is -0.366 e. The summed E-state index contributed by atoms with van der Waals surface area (Å²) in [7, 11) is -3.76. The lowest BCUT2D eigenvalue weighted by atomic mass is 9.75. The number of rotatable bonds is 5. The number of nitro groups is 1. The second-order valence-corrected chi connectivity index (χ2v) is 9.44. The number of benzene rings is 1. The number of sulfonamides is 1. The number of hydrogen-bond donors (Lipinski definition) is 1. The number of nitro benzene ring substituents is 1. The number of hydrogen-bond acceptors (Lipinski definition) is 5. The second kappa shape index (κ2) is 7.52. The van der Waals surface area contributed by atoms with Crippen LogP contribution in [0.4, 0.5) is 11.4 Å². The van der Waals surface area contributed by atoms with E-state index in [1.807, 2.05) is 0 Å². The van der Waals surface area contributed by atoms with Crippen LogP contribution in [0.1, 0.15) is 46.0 Å². The van der Waals surface area contributed by atoms with Crippen molar-refractivity contribution in [1.29, 1.82) is 0 Å². The molecule has 7 nitrogen and oxygen atoms in total. The molecule has 26 heavy (non-hydrogen) atoms. The molecule has 1 heterocycles. The van der Waals surface area contributed by atoms with Crippen LogP contribution in [0.3, 0.4) is 0 Å². The topological polar surface area (TPSA) is 92.6 Å². The van der Waals surface area contributed by atoms with Gasteiger partial charge < -0.3 is 4.90 Å². The average Bonchev–Trinajstić information content (AvgIpc) is 2.59. The van der Waals surface area contributed by atoms with Crippen LogP contribution < -0.4 is 9.62 Å². The van der Waals surface area contributed by atoms with Gasteiger partial charge in [0.1, 0.15) is 5.69 Å². The van der Waals surface area contributed by atoms with Crippen LogP contribution in [0.25, 0.3) is 0 Å². The van der Waals surface area contributed by atoms with E-state index in [1.54, 1.807) is 19.9 Å². The van der Waals surface area contributed by atoms with Gasteiger partial charge in [-0.2, -0.15) is 0 Å². The Labute approximate surface area is 155 Å². The van der Waals surface area contributed by atoms with E-state index in [0.717, 1.165) is 25.4 Å². The van der Waals surface area contributed by atoms with Crippen LogP contribution in [0.2, 0.25) is 0 Å². The molecule has 144 valence electrons. The van der Waals surface area contributed by atoms with Gasteiger partial charge in [0.2, 0.25) is 10.0 Å². The Morgan fingerprint density at radius 2 is 1.88 bits per heavy atom. The monoisotopic (exact) mass is 381 g/mol. The van der Waals surface area contributed by atoms with Gasteiger partial charge in [0.05, 0.1) is 9.82 Å². The molecular weight excluding hydrogens is 354 g/mol. The van der Waals surface area contributed by atoms with Crippen LogP contribution in [0, 0.1) is 22.0 Å². The highest BCUT2D eigenvalue weighted by Gasteiger charge is 2.33. The largest absolute Gasteiger partial charge is 0.366 e.